The van der Waals surface area contributed by atoms with Gasteiger partial charge >= 0.3 is 0 Å². The molecule has 0 heterocycles. The number of benzene rings is 3. The summed E-state index contributed by atoms with van der Waals surface area (Å²) in [7, 11) is 6.50. The summed E-state index contributed by atoms with van der Waals surface area (Å²) in [6, 6.07) is 18.0. The first-order valence-electron chi connectivity index (χ1n) is 10.9. The van der Waals surface area contributed by atoms with Crippen molar-refractivity contribution in [2.45, 2.75) is 20.4 Å². The molecule has 3 aromatic carbocycles. The van der Waals surface area contributed by atoms with Crippen molar-refractivity contribution in [2.24, 2.45) is 0 Å². The lowest BCUT2D eigenvalue weighted by atomic mass is 10.1. The van der Waals surface area contributed by atoms with Gasteiger partial charge in [0.15, 0.2) is 13.6 Å². The SMILES string of the molecule is COCOc1c(C)cc(OC)cc1N(Cc1ccccc1)c1cc(OC)cc(C)c1OCOC. The summed E-state index contributed by atoms with van der Waals surface area (Å²) in [4.78, 5) is 2.14. The molecule has 0 aliphatic rings. The van der Waals surface area contributed by atoms with Crippen molar-refractivity contribution in [3.8, 4) is 23.0 Å². The Balaban J connectivity index is 2.28. The number of aryl methyl sites for hydroxylation is 2. The van der Waals surface area contributed by atoms with E-state index in [-0.39, 0.29) is 13.6 Å². The lowest BCUT2D eigenvalue weighted by molar-refractivity contribution is 0.0504. The monoisotopic (exact) mass is 467 g/mol. The average molecular weight is 468 g/mol. The maximum atomic E-state index is 6.05. The molecule has 3 aromatic rings. The summed E-state index contributed by atoms with van der Waals surface area (Å²) in [6.07, 6.45) is 0. The van der Waals surface area contributed by atoms with Gasteiger partial charge in [-0.05, 0) is 42.7 Å². The van der Waals surface area contributed by atoms with Crippen LogP contribution in [0, 0.1) is 13.8 Å². The van der Waals surface area contributed by atoms with Crippen LogP contribution in [0.25, 0.3) is 0 Å². The van der Waals surface area contributed by atoms with Gasteiger partial charge in [-0.25, -0.2) is 0 Å². The van der Waals surface area contributed by atoms with Gasteiger partial charge in [-0.3, -0.25) is 0 Å². The molecule has 0 N–H and O–H groups in total. The molecule has 0 saturated carbocycles. The summed E-state index contributed by atoms with van der Waals surface area (Å²) >= 11 is 0. The molecule has 0 bridgehead atoms. The Kier molecular flexibility index (Phi) is 9.01. The van der Waals surface area contributed by atoms with Gasteiger partial charge < -0.3 is 33.3 Å². The van der Waals surface area contributed by atoms with Gasteiger partial charge in [0.05, 0.1) is 25.6 Å². The molecular formula is C27H33NO6. The Morgan fingerprint density at radius 1 is 0.647 bits per heavy atom. The van der Waals surface area contributed by atoms with Crippen molar-refractivity contribution in [2.75, 3.05) is 46.9 Å². The second-order valence-corrected chi connectivity index (χ2v) is 7.76. The van der Waals surface area contributed by atoms with Crippen LogP contribution in [0.5, 0.6) is 23.0 Å². The zero-order chi connectivity index (χ0) is 24.5. The first kappa shape index (κ1) is 25.2. The minimum Gasteiger partial charge on any atom is -0.497 e. The molecule has 3 rings (SSSR count). The molecule has 0 radical (unpaired) electrons. The van der Waals surface area contributed by atoms with E-state index < -0.39 is 0 Å². The topological polar surface area (TPSA) is 58.6 Å². The molecule has 182 valence electrons. The van der Waals surface area contributed by atoms with E-state index in [2.05, 4.69) is 17.0 Å². The van der Waals surface area contributed by atoms with Gasteiger partial charge in [-0.15, -0.1) is 0 Å². The highest BCUT2D eigenvalue weighted by Crippen LogP contribution is 2.46. The van der Waals surface area contributed by atoms with E-state index in [0.29, 0.717) is 29.5 Å². The van der Waals surface area contributed by atoms with Crippen LogP contribution in [-0.4, -0.2) is 42.0 Å². The van der Waals surface area contributed by atoms with Gasteiger partial charge in [-0.2, -0.15) is 0 Å². The lowest BCUT2D eigenvalue weighted by Crippen LogP contribution is -2.20. The highest BCUT2D eigenvalue weighted by atomic mass is 16.7. The van der Waals surface area contributed by atoms with E-state index >= 15 is 0 Å². The number of ether oxygens (including phenoxy) is 6. The molecule has 0 saturated heterocycles. The third-order valence-electron chi connectivity index (χ3n) is 5.34. The molecule has 0 aromatic heterocycles. The van der Waals surface area contributed by atoms with E-state index in [1.54, 1.807) is 28.4 Å². The Morgan fingerprint density at radius 2 is 1.12 bits per heavy atom. The summed E-state index contributed by atoms with van der Waals surface area (Å²) < 4.78 is 33.7. The number of hydrogen-bond donors (Lipinski definition) is 0. The standard InChI is InChI=1S/C27H33NO6/c1-19-12-22(31-5)14-24(26(19)33-17-29-3)28(16-21-10-8-7-9-11-21)25-15-23(32-6)13-20(2)27(25)34-18-30-4/h7-15H,16-18H2,1-6H3. The summed E-state index contributed by atoms with van der Waals surface area (Å²) in [6.45, 7) is 4.74. The van der Waals surface area contributed by atoms with Crippen LogP contribution in [-0.2, 0) is 16.0 Å². The maximum Gasteiger partial charge on any atom is 0.188 e. The first-order chi connectivity index (χ1) is 16.5. The van der Waals surface area contributed by atoms with Crippen LogP contribution >= 0.6 is 0 Å². The van der Waals surface area contributed by atoms with Crippen LogP contribution in [0.4, 0.5) is 11.4 Å². The largest absolute Gasteiger partial charge is 0.497 e. The van der Waals surface area contributed by atoms with Crippen LogP contribution in [0.1, 0.15) is 16.7 Å². The number of nitrogens with zero attached hydrogens (tertiary/aromatic N) is 1. The highest BCUT2D eigenvalue weighted by molar-refractivity contribution is 5.78. The molecule has 0 fully saturated rings. The molecule has 0 unspecified atom stereocenters. The second-order valence-electron chi connectivity index (χ2n) is 7.76. The summed E-state index contributed by atoms with van der Waals surface area (Å²) in [5.74, 6) is 2.82. The molecular weight excluding hydrogens is 434 g/mol. The first-order valence-corrected chi connectivity index (χ1v) is 10.9. The minimum atomic E-state index is 0.115. The molecule has 34 heavy (non-hydrogen) atoms. The van der Waals surface area contributed by atoms with Crippen molar-refractivity contribution in [3.63, 3.8) is 0 Å². The molecule has 7 heteroatoms. The second kappa shape index (κ2) is 12.2. The third kappa shape index (κ3) is 5.92. The van der Waals surface area contributed by atoms with Crippen molar-refractivity contribution in [1.29, 1.82) is 0 Å². The fourth-order valence-electron chi connectivity index (χ4n) is 3.76. The molecule has 0 atom stereocenters. The van der Waals surface area contributed by atoms with E-state index in [1.807, 2.05) is 56.3 Å². The van der Waals surface area contributed by atoms with Crippen molar-refractivity contribution >= 4 is 11.4 Å². The Morgan fingerprint density at radius 3 is 1.53 bits per heavy atom. The normalized spacial score (nSPS) is 10.6. The number of hydrogen-bond acceptors (Lipinski definition) is 7. The van der Waals surface area contributed by atoms with Crippen LogP contribution in [0.3, 0.4) is 0 Å². The van der Waals surface area contributed by atoms with Crippen LogP contribution < -0.4 is 23.8 Å². The molecule has 7 nitrogen and oxygen atoms in total. The molecule has 0 aliphatic heterocycles. The van der Waals surface area contributed by atoms with E-state index in [0.717, 1.165) is 28.1 Å². The average Bonchev–Trinajstić information content (AvgIpc) is 2.85. The van der Waals surface area contributed by atoms with Gasteiger partial charge in [0.1, 0.15) is 23.0 Å². The zero-order valence-corrected chi connectivity index (χ0v) is 20.7. The predicted octanol–water partition coefficient (Wildman–Crippen LogP) is 5.62. The molecule has 0 spiro atoms. The van der Waals surface area contributed by atoms with E-state index in [1.165, 1.54) is 0 Å². The van der Waals surface area contributed by atoms with Gasteiger partial charge in [0.25, 0.3) is 0 Å². The third-order valence-corrected chi connectivity index (χ3v) is 5.34. The number of anilines is 2. The van der Waals surface area contributed by atoms with Crippen molar-refractivity contribution < 1.29 is 28.4 Å². The van der Waals surface area contributed by atoms with E-state index in [4.69, 9.17) is 28.4 Å². The highest BCUT2D eigenvalue weighted by Gasteiger charge is 2.24. The fourth-order valence-corrected chi connectivity index (χ4v) is 3.76. The van der Waals surface area contributed by atoms with Crippen LogP contribution in [0.15, 0.2) is 54.6 Å². The quantitative estimate of drug-likeness (QED) is 0.320. The smallest absolute Gasteiger partial charge is 0.188 e. The Hall–Kier alpha value is -3.42. The Labute approximate surface area is 201 Å². The van der Waals surface area contributed by atoms with Gasteiger partial charge in [-0.1, -0.05) is 30.3 Å². The predicted molar refractivity (Wildman–Crippen MR) is 133 cm³/mol. The molecule has 0 amide bonds. The number of methoxy groups -OCH3 is 4. The van der Waals surface area contributed by atoms with E-state index in [9.17, 15) is 0 Å². The van der Waals surface area contributed by atoms with Gasteiger partial charge in [0, 0.05) is 32.9 Å². The molecule has 0 aliphatic carbocycles. The fraction of sp³-hybridized carbons (Fsp3) is 0.333. The van der Waals surface area contributed by atoms with Crippen LogP contribution in [0.2, 0.25) is 0 Å². The lowest BCUT2D eigenvalue weighted by Gasteiger charge is -2.30. The zero-order valence-electron chi connectivity index (χ0n) is 20.7. The summed E-state index contributed by atoms with van der Waals surface area (Å²) in [5.41, 5.74) is 4.58. The summed E-state index contributed by atoms with van der Waals surface area (Å²) in [5, 5.41) is 0. The maximum absolute atomic E-state index is 6.05. The van der Waals surface area contributed by atoms with Crippen molar-refractivity contribution in [3.05, 3.63) is 71.3 Å². The van der Waals surface area contributed by atoms with Crippen molar-refractivity contribution in [1.82, 2.24) is 0 Å². The van der Waals surface area contributed by atoms with Gasteiger partial charge in [0.2, 0.25) is 0 Å². The Bertz CT molecular complexity index is 1000. The number of rotatable bonds is 12. The minimum absolute atomic E-state index is 0.115.